The maximum atomic E-state index is 12.5. The number of halogens is 3. The summed E-state index contributed by atoms with van der Waals surface area (Å²) in [6, 6.07) is 0.398. The summed E-state index contributed by atoms with van der Waals surface area (Å²) in [5, 5.41) is 0. The van der Waals surface area contributed by atoms with E-state index in [4.69, 9.17) is 13.3 Å². The van der Waals surface area contributed by atoms with E-state index in [-0.39, 0.29) is 13.2 Å². The van der Waals surface area contributed by atoms with Crippen molar-refractivity contribution in [1.82, 2.24) is 0 Å². The van der Waals surface area contributed by atoms with Crippen LogP contribution in [0.2, 0.25) is 6.04 Å². The largest absolute Gasteiger partial charge is 0.501 e. The van der Waals surface area contributed by atoms with Gasteiger partial charge in [-0.25, -0.2) is 0 Å². The fraction of sp³-hybridized carbons (Fsp3) is 1.00. The fourth-order valence-corrected chi connectivity index (χ4v) is 4.19. The first kappa shape index (κ1) is 16.9. The van der Waals surface area contributed by atoms with Crippen LogP contribution in [0.25, 0.3) is 0 Å². The molecule has 0 fully saturated rings. The van der Waals surface area contributed by atoms with Gasteiger partial charge in [0.15, 0.2) is 0 Å². The summed E-state index contributed by atoms with van der Waals surface area (Å²) in [5.41, 5.74) is 0. The second-order valence-electron chi connectivity index (χ2n) is 3.60. The van der Waals surface area contributed by atoms with E-state index >= 15 is 0 Å². The van der Waals surface area contributed by atoms with Crippen molar-refractivity contribution >= 4 is 8.80 Å². The topological polar surface area (TPSA) is 27.7 Å². The first-order valence-electron chi connectivity index (χ1n) is 5.83. The van der Waals surface area contributed by atoms with Crippen LogP contribution in [0.15, 0.2) is 0 Å². The van der Waals surface area contributed by atoms with Gasteiger partial charge in [0.05, 0.1) is 0 Å². The highest BCUT2D eigenvalue weighted by Gasteiger charge is 2.48. The molecule has 7 heteroatoms. The molecule has 3 nitrogen and oxygen atoms in total. The molecule has 104 valence electrons. The Morgan fingerprint density at radius 3 is 1.82 bits per heavy atom. The Balaban J connectivity index is 4.75. The maximum absolute atomic E-state index is 12.5. The lowest BCUT2D eigenvalue weighted by Crippen LogP contribution is -2.50. The smallest absolute Gasteiger partial charge is 0.374 e. The van der Waals surface area contributed by atoms with Crippen LogP contribution in [0.4, 0.5) is 13.2 Å². The van der Waals surface area contributed by atoms with Gasteiger partial charge in [-0.2, -0.15) is 13.2 Å². The Kier molecular flexibility index (Phi) is 7.30. The van der Waals surface area contributed by atoms with E-state index in [1.165, 1.54) is 0 Å². The van der Waals surface area contributed by atoms with Crippen LogP contribution in [0.3, 0.4) is 0 Å². The highest BCUT2D eigenvalue weighted by Crippen LogP contribution is 2.28. The second-order valence-corrected chi connectivity index (χ2v) is 6.28. The van der Waals surface area contributed by atoms with E-state index in [0.29, 0.717) is 12.5 Å². The standard InChI is InChI=1S/C10H21F3O3Si/c1-5-8-17(14-6-2,15-7-3)16-9(4)10(11,12)13/h9H,5-8H2,1-4H3. The Labute approximate surface area is 102 Å². The number of alkyl halides is 3. The summed E-state index contributed by atoms with van der Waals surface area (Å²) >= 11 is 0. The van der Waals surface area contributed by atoms with Crippen LogP contribution in [0.5, 0.6) is 0 Å². The van der Waals surface area contributed by atoms with Crippen LogP contribution in [-0.2, 0) is 13.3 Å². The summed E-state index contributed by atoms with van der Waals surface area (Å²) in [5.74, 6) is 0. The summed E-state index contributed by atoms with van der Waals surface area (Å²) in [7, 11) is -3.19. The van der Waals surface area contributed by atoms with Crippen molar-refractivity contribution in [1.29, 1.82) is 0 Å². The fourth-order valence-electron chi connectivity index (χ4n) is 1.40. The van der Waals surface area contributed by atoms with Crippen LogP contribution in [-0.4, -0.2) is 34.3 Å². The monoisotopic (exact) mass is 274 g/mol. The lowest BCUT2D eigenvalue weighted by Gasteiger charge is -2.32. The first-order valence-corrected chi connectivity index (χ1v) is 7.77. The highest BCUT2D eigenvalue weighted by molar-refractivity contribution is 6.60. The Morgan fingerprint density at radius 1 is 1.06 bits per heavy atom. The summed E-state index contributed by atoms with van der Waals surface area (Å²) < 4.78 is 53.3. The van der Waals surface area contributed by atoms with E-state index in [2.05, 4.69) is 0 Å². The molecule has 0 heterocycles. The summed E-state index contributed by atoms with van der Waals surface area (Å²) in [6.45, 7) is 6.86. The molecule has 0 aliphatic heterocycles. The van der Waals surface area contributed by atoms with E-state index in [1.807, 2.05) is 6.92 Å². The van der Waals surface area contributed by atoms with Crippen molar-refractivity contribution in [2.75, 3.05) is 13.2 Å². The van der Waals surface area contributed by atoms with E-state index in [1.54, 1.807) is 13.8 Å². The molecule has 0 aromatic rings. The Morgan fingerprint density at radius 2 is 1.53 bits per heavy atom. The Hall–Kier alpha value is -0.113. The van der Waals surface area contributed by atoms with Crippen molar-refractivity contribution < 1.29 is 26.4 Å². The molecular formula is C10H21F3O3Si. The average Bonchev–Trinajstić information content (AvgIpc) is 2.17. The summed E-state index contributed by atoms with van der Waals surface area (Å²) in [6.07, 6.45) is -5.59. The lowest BCUT2D eigenvalue weighted by atomic mass is 10.4. The summed E-state index contributed by atoms with van der Waals surface area (Å²) in [4.78, 5) is 0. The number of hydrogen-bond donors (Lipinski definition) is 0. The molecule has 0 rings (SSSR count). The molecule has 0 bridgehead atoms. The van der Waals surface area contributed by atoms with Gasteiger partial charge in [-0.05, 0) is 20.8 Å². The van der Waals surface area contributed by atoms with Crippen molar-refractivity contribution in [2.24, 2.45) is 0 Å². The van der Waals surface area contributed by atoms with Gasteiger partial charge in [-0.3, -0.25) is 0 Å². The molecule has 0 radical (unpaired) electrons. The highest BCUT2D eigenvalue weighted by atomic mass is 28.4. The molecular weight excluding hydrogens is 253 g/mol. The first-order chi connectivity index (χ1) is 7.81. The number of hydrogen-bond acceptors (Lipinski definition) is 3. The van der Waals surface area contributed by atoms with Gasteiger partial charge in [0.1, 0.15) is 6.10 Å². The van der Waals surface area contributed by atoms with E-state index in [9.17, 15) is 13.2 Å². The predicted molar refractivity (Wildman–Crippen MR) is 60.7 cm³/mol. The van der Waals surface area contributed by atoms with Crippen LogP contribution >= 0.6 is 0 Å². The minimum absolute atomic E-state index is 0.288. The van der Waals surface area contributed by atoms with Crippen molar-refractivity contribution in [3.05, 3.63) is 0 Å². The Bertz CT molecular complexity index is 194. The zero-order valence-electron chi connectivity index (χ0n) is 10.8. The van der Waals surface area contributed by atoms with Crippen molar-refractivity contribution in [3.63, 3.8) is 0 Å². The molecule has 0 aliphatic rings. The zero-order chi connectivity index (χ0) is 13.5. The minimum atomic E-state index is -4.39. The third-order valence-corrected chi connectivity index (χ3v) is 5.38. The van der Waals surface area contributed by atoms with Crippen molar-refractivity contribution in [3.8, 4) is 0 Å². The second kappa shape index (κ2) is 7.35. The molecule has 0 aromatic carbocycles. The van der Waals surface area contributed by atoms with Gasteiger partial charge >= 0.3 is 15.0 Å². The third kappa shape index (κ3) is 5.85. The third-order valence-electron chi connectivity index (χ3n) is 2.10. The lowest BCUT2D eigenvalue weighted by molar-refractivity contribution is -0.201. The molecule has 0 N–H and O–H groups in total. The maximum Gasteiger partial charge on any atom is 0.501 e. The minimum Gasteiger partial charge on any atom is -0.374 e. The molecule has 0 amide bonds. The van der Waals surface area contributed by atoms with Gasteiger partial charge in [-0.1, -0.05) is 13.3 Å². The van der Waals surface area contributed by atoms with Gasteiger partial charge in [-0.15, -0.1) is 0 Å². The van der Waals surface area contributed by atoms with Gasteiger partial charge in [0.2, 0.25) is 0 Å². The molecule has 0 aliphatic carbocycles. The van der Waals surface area contributed by atoms with Gasteiger partial charge < -0.3 is 13.3 Å². The predicted octanol–water partition coefficient (Wildman–Crippen LogP) is 3.38. The van der Waals surface area contributed by atoms with Crippen LogP contribution in [0.1, 0.15) is 34.1 Å². The number of rotatable bonds is 8. The molecule has 17 heavy (non-hydrogen) atoms. The van der Waals surface area contributed by atoms with E-state index in [0.717, 1.165) is 6.92 Å². The van der Waals surface area contributed by atoms with Gasteiger partial charge in [0, 0.05) is 19.3 Å². The molecule has 1 atom stereocenters. The molecule has 0 spiro atoms. The normalized spacial score (nSPS) is 15.0. The molecule has 1 unspecified atom stereocenters. The van der Waals surface area contributed by atoms with Crippen LogP contribution < -0.4 is 0 Å². The quantitative estimate of drug-likeness (QED) is 0.635. The molecule has 0 saturated carbocycles. The molecule has 0 aromatic heterocycles. The van der Waals surface area contributed by atoms with Crippen molar-refractivity contribution in [2.45, 2.75) is 52.4 Å². The average molecular weight is 274 g/mol. The molecule has 0 saturated heterocycles. The van der Waals surface area contributed by atoms with Crippen LogP contribution in [0, 0.1) is 0 Å². The van der Waals surface area contributed by atoms with Gasteiger partial charge in [0.25, 0.3) is 0 Å². The zero-order valence-corrected chi connectivity index (χ0v) is 11.8. The SMILES string of the molecule is CCC[Si](OCC)(OCC)OC(C)C(F)(F)F. The van der Waals surface area contributed by atoms with E-state index < -0.39 is 21.1 Å².